The van der Waals surface area contributed by atoms with Gasteiger partial charge in [-0.25, -0.2) is 9.50 Å². The van der Waals surface area contributed by atoms with E-state index in [0.717, 1.165) is 41.9 Å². The van der Waals surface area contributed by atoms with Gasteiger partial charge in [-0.15, -0.1) is 0 Å². The number of hydrogen-bond donors (Lipinski definition) is 1. The Morgan fingerprint density at radius 2 is 2.03 bits per heavy atom. The summed E-state index contributed by atoms with van der Waals surface area (Å²) in [5.74, 6) is 0.303. The summed E-state index contributed by atoms with van der Waals surface area (Å²) in [4.78, 5) is 22.2. The molecule has 1 N–H and O–H groups in total. The number of piperidine rings is 1. The lowest BCUT2D eigenvalue weighted by Gasteiger charge is -2.35. The van der Waals surface area contributed by atoms with E-state index in [9.17, 15) is 15.2 Å². The number of aliphatic hydroxyl groups excluding tert-OH is 1. The molecule has 34 heavy (non-hydrogen) atoms. The van der Waals surface area contributed by atoms with Crippen LogP contribution in [0.1, 0.15) is 52.5 Å². The second-order valence-electron chi connectivity index (χ2n) is 9.30. The zero-order valence-corrected chi connectivity index (χ0v) is 20.0. The number of aromatic nitrogens is 3. The molecule has 3 atom stereocenters. The number of aliphatic hydroxyl groups is 1. The molecule has 0 bridgehead atoms. The van der Waals surface area contributed by atoms with Crippen molar-refractivity contribution in [2.24, 2.45) is 5.92 Å². The Balaban J connectivity index is 1.47. The molecule has 4 heterocycles. The predicted octanol–water partition coefficient (Wildman–Crippen LogP) is 3.69. The zero-order valence-electron chi connectivity index (χ0n) is 19.3. The Hall–Kier alpha value is -3.15. The molecule has 2 aromatic heterocycles. The number of anilines is 1. The highest BCUT2D eigenvalue weighted by Gasteiger charge is 2.34. The molecule has 8 nitrogen and oxygen atoms in total. The van der Waals surface area contributed by atoms with Gasteiger partial charge in [0.05, 0.1) is 29.8 Å². The third-order valence-electron chi connectivity index (χ3n) is 6.91. The highest BCUT2D eigenvalue weighted by atomic mass is 35.5. The summed E-state index contributed by atoms with van der Waals surface area (Å²) in [5.41, 5.74) is 3.94. The first-order chi connectivity index (χ1) is 16.4. The molecule has 2 aliphatic rings. The normalized spacial score (nSPS) is 22.9. The van der Waals surface area contributed by atoms with Crippen molar-refractivity contribution >= 4 is 29.0 Å². The van der Waals surface area contributed by atoms with E-state index in [2.05, 4.69) is 6.07 Å². The van der Waals surface area contributed by atoms with Crippen molar-refractivity contribution in [3.63, 3.8) is 0 Å². The first-order valence-corrected chi connectivity index (χ1v) is 12.0. The zero-order chi connectivity index (χ0) is 24.0. The molecule has 3 aromatic rings. The van der Waals surface area contributed by atoms with E-state index in [1.165, 1.54) is 0 Å². The largest absolute Gasteiger partial charge is 0.390 e. The summed E-state index contributed by atoms with van der Waals surface area (Å²) >= 11 is 6.19. The summed E-state index contributed by atoms with van der Waals surface area (Å²) in [6.45, 7) is 5.38. The average Bonchev–Trinajstić information content (AvgIpc) is 3.42. The molecule has 0 saturated carbocycles. The fourth-order valence-electron chi connectivity index (χ4n) is 5.05. The van der Waals surface area contributed by atoms with Crippen LogP contribution in [0.4, 0.5) is 5.82 Å². The Morgan fingerprint density at radius 1 is 1.21 bits per heavy atom. The minimum absolute atomic E-state index is 0.0276. The highest BCUT2D eigenvalue weighted by molar-refractivity contribution is 6.31. The summed E-state index contributed by atoms with van der Waals surface area (Å²) in [7, 11) is 0. The number of fused-ring (bicyclic) bond motifs is 1. The van der Waals surface area contributed by atoms with E-state index >= 15 is 0 Å². The van der Waals surface area contributed by atoms with Gasteiger partial charge < -0.3 is 14.9 Å². The standard InChI is InChI=1S/C25H27ClN6O2/c1-15-6-7-18(26)9-19(15)25(34)31-8-4-3-5-21(31)20-10-23-28-24(16(2)12-32(23)29-20)30-13-17(11-27)22(33)14-30/h6-7,9-10,12,17,21-22,33H,3-5,8,13-14H2,1-2H3/t17-,21+,22+/m1/s1. The SMILES string of the molecule is Cc1ccc(Cl)cc1C(=O)N1CCCC[C@H]1c1cc2nc(N3C[C@@H](C#N)[C@@H](O)C3)c(C)cn2n1. The summed E-state index contributed by atoms with van der Waals surface area (Å²) in [5, 5.41) is 24.8. The Labute approximate surface area is 203 Å². The van der Waals surface area contributed by atoms with Crippen molar-refractivity contribution in [1.29, 1.82) is 5.26 Å². The summed E-state index contributed by atoms with van der Waals surface area (Å²) < 4.78 is 1.75. The Kier molecular flexibility index (Phi) is 5.92. The van der Waals surface area contributed by atoms with Gasteiger partial charge in [0.15, 0.2) is 5.65 Å². The van der Waals surface area contributed by atoms with E-state index in [0.29, 0.717) is 35.9 Å². The van der Waals surface area contributed by atoms with Crippen LogP contribution in [-0.2, 0) is 0 Å². The third-order valence-corrected chi connectivity index (χ3v) is 7.15. The maximum Gasteiger partial charge on any atom is 0.254 e. The Morgan fingerprint density at radius 3 is 2.79 bits per heavy atom. The molecule has 0 aliphatic carbocycles. The third kappa shape index (κ3) is 3.99. The number of benzene rings is 1. The lowest BCUT2D eigenvalue weighted by Crippen LogP contribution is -2.39. The van der Waals surface area contributed by atoms with Crippen molar-refractivity contribution in [2.45, 2.75) is 45.3 Å². The molecule has 2 fully saturated rings. The molecule has 1 amide bonds. The van der Waals surface area contributed by atoms with Crippen LogP contribution in [0.5, 0.6) is 0 Å². The molecule has 2 saturated heterocycles. The van der Waals surface area contributed by atoms with E-state index in [-0.39, 0.29) is 11.9 Å². The van der Waals surface area contributed by atoms with Crippen molar-refractivity contribution in [1.82, 2.24) is 19.5 Å². The number of rotatable bonds is 3. The van der Waals surface area contributed by atoms with Crippen LogP contribution in [0.3, 0.4) is 0 Å². The molecule has 0 radical (unpaired) electrons. The van der Waals surface area contributed by atoms with Crippen molar-refractivity contribution in [3.05, 3.63) is 57.9 Å². The number of carbonyl (C=O) groups is 1. The minimum atomic E-state index is -0.681. The maximum atomic E-state index is 13.5. The smallest absolute Gasteiger partial charge is 0.254 e. The number of halogens is 1. The van der Waals surface area contributed by atoms with Gasteiger partial charge >= 0.3 is 0 Å². The number of amides is 1. The first-order valence-electron chi connectivity index (χ1n) is 11.6. The lowest BCUT2D eigenvalue weighted by molar-refractivity contribution is 0.0605. The van der Waals surface area contributed by atoms with Gasteiger partial charge in [-0.2, -0.15) is 10.4 Å². The van der Waals surface area contributed by atoms with Crippen LogP contribution < -0.4 is 4.90 Å². The topological polar surface area (TPSA) is 97.8 Å². The number of likely N-dealkylation sites (tertiary alicyclic amines) is 1. The van der Waals surface area contributed by atoms with E-state index < -0.39 is 12.0 Å². The van der Waals surface area contributed by atoms with E-state index in [1.807, 2.05) is 42.0 Å². The number of nitriles is 1. The number of carbonyl (C=O) groups excluding carboxylic acids is 1. The molecule has 2 aliphatic heterocycles. The number of β-amino-alcohol motifs (C(OH)–C–C–N with tert-alkyl or cyclic N) is 1. The van der Waals surface area contributed by atoms with E-state index in [1.54, 1.807) is 16.6 Å². The fraction of sp³-hybridized carbons (Fsp3) is 0.440. The monoisotopic (exact) mass is 478 g/mol. The van der Waals surface area contributed by atoms with Crippen LogP contribution in [0.2, 0.25) is 5.02 Å². The molecule has 0 unspecified atom stereocenters. The molecule has 5 rings (SSSR count). The molecule has 1 aromatic carbocycles. The average molecular weight is 479 g/mol. The van der Waals surface area contributed by atoms with E-state index in [4.69, 9.17) is 21.7 Å². The first kappa shape index (κ1) is 22.6. The Bertz CT molecular complexity index is 1300. The second-order valence-corrected chi connectivity index (χ2v) is 9.73. The molecular weight excluding hydrogens is 452 g/mol. The molecular formula is C25H27ClN6O2. The number of nitrogens with zero attached hydrogens (tertiary/aromatic N) is 6. The minimum Gasteiger partial charge on any atom is -0.390 e. The fourth-order valence-corrected chi connectivity index (χ4v) is 5.22. The van der Waals surface area contributed by atoms with Gasteiger partial charge in [0.25, 0.3) is 5.91 Å². The van der Waals surface area contributed by atoms with Gasteiger partial charge in [0.1, 0.15) is 5.82 Å². The van der Waals surface area contributed by atoms with Crippen LogP contribution in [-0.4, -0.2) is 56.2 Å². The van der Waals surface area contributed by atoms with Gasteiger partial charge in [0, 0.05) is 48.0 Å². The van der Waals surface area contributed by atoms with Crippen molar-refractivity contribution in [3.8, 4) is 6.07 Å². The predicted molar refractivity (Wildman–Crippen MR) is 129 cm³/mol. The van der Waals surface area contributed by atoms with Crippen LogP contribution in [0.15, 0.2) is 30.5 Å². The maximum absolute atomic E-state index is 13.5. The van der Waals surface area contributed by atoms with Gasteiger partial charge in [0.2, 0.25) is 0 Å². The number of hydrogen-bond acceptors (Lipinski definition) is 6. The lowest BCUT2D eigenvalue weighted by atomic mass is 9.97. The van der Waals surface area contributed by atoms with Crippen molar-refractivity contribution in [2.75, 3.05) is 24.5 Å². The van der Waals surface area contributed by atoms with Gasteiger partial charge in [-0.05, 0) is 50.8 Å². The molecule has 176 valence electrons. The molecule has 0 spiro atoms. The molecule has 9 heteroatoms. The van der Waals surface area contributed by atoms with Gasteiger partial charge in [-0.3, -0.25) is 4.79 Å². The van der Waals surface area contributed by atoms with Gasteiger partial charge in [-0.1, -0.05) is 17.7 Å². The highest BCUT2D eigenvalue weighted by Crippen LogP contribution is 2.33. The van der Waals surface area contributed by atoms with Crippen molar-refractivity contribution < 1.29 is 9.90 Å². The van der Waals surface area contributed by atoms with Crippen LogP contribution in [0.25, 0.3) is 5.65 Å². The van der Waals surface area contributed by atoms with Crippen LogP contribution in [0, 0.1) is 31.1 Å². The number of aryl methyl sites for hydroxylation is 2. The summed E-state index contributed by atoms with van der Waals surface area (Å²) in [6, 6.07) is 9.39. The summed E-state index contributed by atoms with van der Waals surface area (Å²) in [6.07, 6.45) is 4.05. The second kappa shape index (κ2) is 8.90. The van der Waals surface area contributed by atoms with Crippen LogP contribution >= 0.6 is 11.6 Å². The quantitative estimate of drug-likeness (QED) is 0.616.